The number of rotatable bonds is 5. The van der Waals surface area contributed by atoms with Crippen LogP contribution in [0.25, 0.3) is 0 Å². The number of hydrogen-bond donors (Lipinski definition) is 2. The van der Waals surface area contributed by atoms with E-state index in [-0.39, 0.29) is 23.2 Å². The molecular formula is C12H20FN3O2S. The van der Waals surface area contributed by atoms with Gasteiger partial charge in [-0.1, -0.05) is 0 Å². The van der Waals surface area contributed by atoms with Gasteiger partial charge >= 0.3 is 0 Å². The van der Waals surface area contributed by atoms with Crippen LogP contribution >= 0.6 is 0 Å². The largest absolute Gasteiger partial charge is 0.396 e. The first kappa shape index (κ1) is 15.9. The van der Waals surface area contributed by atoms with E-state index in [1.54, 1.807) is 0 Å². The molecule has 1 aromatic rings. The molecule has 0 aromatic heterocycles. The van der Waals surface area contributed by atoms with Gasteiger partial charge in [-0.3, -0.25) is 0 Å². The molecule has 1 unspecified atom stereocenters. The van der Waals surface area contributed by atoms with E-state index >= 15 is 0 Å². The molecule has 7 heteroatoms. The highest BCUT2D eigenvalue weighted by molar-refractivity contribution is 7.89. The van der Waals surface area contributed by atoms with Crippen molar-refractivity contribution in [3.8, 4) is 0 Å². The summed E-state index contributed by atoms with van der Waals surface area (Å²) in [5, 5.41) is 0. The van der Waals surface area contributed by atoms with Crippen LogP contribution in [0.15, 0.2) is 17.0 Å². The number of likely N-dealkylation sites (N-methyl/N-ethyl adjacent to an activating group) is 1. The van der Waals surface area contributed by atoms with Gasteiger partial charge in [0.25, 0.3) is 0 Å². The maximum atomic E-state index is 13.2. The fourth-order valence-electron chi connectivity index (χ4n) is 1.45. The van der Waals surface area contributed by atoms with Gasteiger partial charge < -0.3 is 10.6 Å². The normalized spacial score (nSPS) is 13.8. The summed E-state index contributed by atoms with van der Waals surface area (Å²) < 4.78 is 40.0. The molecular weight excluding hydrogens is 269 g/mol. The van der Waals surface area contributed by atoms with E-state index < -0.39 is 15.8 Å². The van der Waals surface area contributed by atoms with E-state index in [4.69, 9.17) is 5.73 Å². The molecule has 19 heavy (non-hydrogen) atoms. The maximum Gasteiger partial charge on any atom is 0.240 e. The Balaban J connectivity index is 2.98. The molecule has 0 saturated carbocycles. The van der Waals surface area contributed by atoms with Gasteiger partial charge in [-0.25, -0.2) is 17.5 Å². The zero-order valence-corrected chi connectivity index (χ0v) is 12.4. The first-order chi connectivity index (χ1) is 8.65. The molecule has 3 N–H and O–H groups in total. The molecule has 1 aromatic carbocycles. The number of sulfonamides is 1. The number of anilines is 1. The van der Waals surface area contributed by atoms with Gasteiger partial charge in [-0.2, -0.15) is 0 Å². The molecule has 0 fully saturated rings. The van der Waals surface area contributed by atoms with Crippen molar-refractivity contribution in [2.75, 3.05) is 26.4 Å². The summed E-state index contributed by atoms with van der Waals surface area (Å²) in [6, 6.07) is 2.32. The predicted octanol–water partition coefficient (Wildman–Crippen LogP) is 0.945. The molecule has 5 nitrogen and oxygen atoms in total. The lowest BCUT2D eigenvalue weighted by atomic mass is 10.2. The van der Waals surface area contributed by atoms with Gasteiger partial charge in [0.15, 0.2) is 0 Å². The Morgan fingerprint density at radius 2 is 2.00 bits per heavy atom. The van der Waals surface area contributed by atoms with E-state index in [1.165, 1.54) is 6.92 Å². The van der Waals surface area contributed by atoms with Gasteiger partial charge in [0, 0.05) is 12.6 Å². The summed E-state index contributed by atoms with van der Waals surface area (Å²) in [7, 11) is 0.0403. The van der Waals surface area contributed by atoms with Crippen LogP contribution in [0.3, 0.4) is 0 Å². The second kappa shape index (κ2) is 5.85. The van der Waals surface area contributed by atoms with Gasteiger partial charge in [-0.05, 0) is 45.6 Å². The smallest absolute Gasteiger partial charge is 0.240 e. The summed E-state index contributed by atoms with van der Waals surface area (Å²) in [5.41, 5.74) is 5.57. The molecule has 0 aliphatic carbocycles. The van der Waals surface area contributed by atoms with Crippen LogP contribution in [0.5, 0.6) is 0 Å². The first-order valence-electron chi connectivity index (χ1n) is 5.87. The van der Waals surface area contributed by atoms with Gasteiger partial charge in [-0.15, -0.1) is 0 Å². The zero-order chi connectivity index (χ0) is 14.8. The van der Waals surface area contributed by atoms with E-state index in [1.807, 2.05) is 25.9 Å². The highest BCUT2D eigenvalue weighted by Crippen LogP contribution is 2.21. The average molecular weight is 289 g/mol. The standard InChI is InChI=1S/C12H20FN3O2S/c1-8-5-10(13)11(14)6-12(8)19(17,18)15-7-9(2)16(3)4/h5-6,9,15H,7,14H2,1-4H3. The summed E-state index contributed by atoms with van der Waals surface area (Å²) in [6.45, 7) is 3.70. The Hall–Kier alpha value is -1.18. The van der Waals surface area contributed by atoms with E-state index in [0.717, 1.165) is 12.1 Å². The Morgan fingerprint density at radius 3 is 2.53 bits per heavy atom. The number of halogens is 1. The number of nitrogens with two attached hydrogens (primary N) is 1. The topological polar surface area (TPSA) is 75.4 Å². The molecule has 0 aliphatic heterocycles. The van der Waals surface area contributed by atoms with Gasteiger partial charge in [0.2, 0.25) is 10.0 Å². The second-order valence-corrected chi connectivity index (χ2v) is 6.54. The monoisotopic (exact) mass is 289 g/mol. The van der Waals surface area contributed by atoms with Crippen LogP contribution < -0.4 is 10.5 Å². The van der Waals surface area contributed by atoms with Gasteiger partial charge in [0.1, 0.15) is 5.82 Å². The Bertz CT molecular complexity index is 558. The summed E-state index contributed by atoms with van der Waals surface area (Å²) in [4.78, 5) is 1.91. The minimum atomic E-state index is -3.68. The predicted molar refractivity (Wildman–Crippen MR) is 73.9 cm³/mol. The third kappa shape index (κ3) is 3.89. The number of benzene rings is 1. The second-order valence-electron chi connectivity index (χ2n) is 4.80. The fraction of sp³-hybridized carbons (Fsp3) is 0.500. The SMILES string of the molecule is Cc1cc(F)c(N)cc1S(=O)(=O)NCC(C)N(C)C. The molecule has 1 atom stereocenters. The van der Waals surface area contributed by atoms with Crippen LogP contribution in [0.4, 0.5) is 10.1 Å². The Morgan fingerprint density at radius 1 is 1.42 bits per heavy atom. The van der Waals surface area contributed by atoms with Crippen molar-refractivity contribution in [1.82, 2.24) is 9.62 Å². The zero-order valence-electron chi connectivity index (χ0n) is 11.6. The Kier molecular flexibility index (Phi) is 4.89. The van der Waals surface area contributed by atoms with Crippen LogP contribution in [-0.4, -0.2) is 40.0 Å². The number of aryl methyl sites for hydroxylation is 1. The highest BCUT2D eigenvalue weighted by atomic mass is 32.2. The number of nitrogens with one attached hydrogen (secondary N) is 1. The minimum Gasteiger partial charge on any atom is -0.396 e. The molecule has 0 saturated heterocycles. The van der Waals surface area contributed by atoms with Crippen molar-refractivity contribution in [1.29, 1.82) is 0 Å². The molecule has 0 bridgehead atoms. The van der Waals surface area contributed by atoms with Crippen molar-refractivity contribution in [2.45, 2.75) is 24.8 Å². The average Bonchev–Trinajstić information content (AvgIpc) is 2.30. The quantitative estimate of drug-likeness (QED) is 0.791. The van der Waals surface area contributed by atoms with Crippen molar-refractivity contribution in [3.63, 3.8) is 0 Å². The van der Waals surface area contributed by atoms with Crippen LogP contribution in [0.1, 0.15) is 12.5 Å². The lowest BCUT2D eigenvalue weighted by molar-refractivity contribution is 0.314. The van der Waals surface area contributed by atoms with E-state index in [9.17, 15) is 12.8 Å². The molecule has 0 amide bonds. The number of nitrogen functional groups attached to an aromatic ring is 1. The van der Waals surface area contributed by atoms with E-state index in [2.05, 4.69) is 4.72 Å². The van der Waals surface area contributed by atoms with Crippen LogP contribution in [0.2, 0.25) is 0 Å². The molecule has 1 rings (SSSR count). The summed E-state index contributed by atoms with van der Waals surface area (Å²) >= 11 is 0. The van der Waals surface area contributed by atoms with Gasteiger partial charge in [0.05, 0.1) is 10.6 Å². The third-order valence-corrected chi connectivity index (χ3v) is 4.60. The fourth-order valence-corrected chi connectivity index (χ4v) is 2.83. The number of hydrogen-bond acceptors (Lipinski definition) is 4. The van der Waals surface area contributed by atoms with Crippen molar-refractivity contribution in [3.05, 3.63) is 23.5 Å². The third-order valence-electron chi connectivity index (χ3n) is 3.03. The molecule has 108 valence electrons. The molecule has 0 aliphatic rings. The van der Waals surface area contributed by atoms with Crippen molar-refractivity contribution >= 4 is 15.7 Å². The van der Waals surface area contributed by atoms with E-state index in [0.29, 0.717) is 5.56 Å². The lowest BCUT2D eigenvalue weighted by Crippen LogP contribution is -2.38. The van der Waals surface area contributed by atoms with Crippen LogP contribution in [0, 0.1) is 12.7 Å². The van der Waals surface area contributed by atoms with Crippen molar-refractivity contribution in [2.24, 2.45) is 0 Å². The molecule has 0 spiro atoms. The van der Waals surface area contributed by atoms with Crippen LogP contribution in [-0.2, 0) is 10.0 Å². The summed E-state index contributed by atoms with van der Waals surface area (Å²) in [6.07, 6.45) is 0. The summed E-state index contributed by atoms with van der Waals surface area (Å²) in [5.74, 6) is -0.613. The number of nitrogens with zero attached hydrogens (tertiary/aromatic N) is 1. The van der Waals surface area contributed by atoms with Crippen molar-refractivity contribution < 1.29 is 12.8 Å². The first-order valence-corrected chi connectivity index (χ1v) is 7.35. The highest BCUT2D eigenvalue weighted by Gasteiger charge is 2.19. The minimum absolute atomic E-state index is 0.0114. The lowest BCUT2D eigenvalue weighted by Gasteiger charge is -2.20. The Labute approximate surface area is 113 Å². The molecule has 0 heterocycles. The molecule has 0 radical (unpaired) electrons. The maximum absolute atomic E-state index is 13.2.